The first kappa shape index (κ1) is 14.5. The molecule has 2 aromatic rings. The number of rotatable bonds is 6. The molecule has 2 aromatic heterocycles. The molecule has 2 rings (SSSR count). The van der Waals surface area contributed by atoms with Crippen LogP contribution >= 0.6 is 0 Å². The number of nitrogens with one attached hydrogen (secondary N) is 1. The highest BCUT2D eigenvalue weighted by Gasteiger charge is 2.13. The van der Waals surface area contributed by atoms with Gasteiger partial charge in [0, 0.05) is 6.04 Å². The number of nitrogens with zero attached hydrogens (tertiary/aromatic N) is 5. The zero-order valence-electron chi connectivity index (χ0n) is 12.5. The minimum atomic E-state index is 0.0651. The highest BCUT2D eigenvalue weighted by Crippen LogP contribution is 2.22. The number of aryl methyl sites for hydroxylation is 1. The van der Waals surface area contributed by atoms with Gasteiger partial charge in [0.2, 0.25) is 0 Å². The SMILES string of the molecule is Cc1nn(C(C)C)c(C)c1NCc1cn(CCO)nn1. The Bertz CT molecular complexity index is 571. The van der Waals surface area contributed by atoms with Crippen LogP contribution in [0, 0.1) is 13.8 Å². The van der Waals surface area contributed by atoms with E-state index in [1.807, 2.05) is 17.8 Å². The van der Waals surface area contributed by atoms with Gasteiger partial charge in [0.1, 0.15) is 5.69 Å². The van der Waals surface area contributed by atoms with Crippen LogP contribution < -0.4 is 5.32 Å². The van der Waals surface area contributed by atoms with Crippen LogP contribution in [0.25, 0.3) is 0 Å². The lowest BCUT2D eigenvalue weighted by Gasteiger charge is -2.09. The minimum absolute atomic E-state index is 0.0651. The van der Waals surface area contributed by atoms with Crippen molar-refractivity contribution in [3.8, 4) is 0 Å². The molecule has 0 amide bonds. The molecule has 0 spiro atoms. The smallest absolute Gasteiger partial charge is 0.102 e. The van der Waals surface area contributed by atoms with E-state index in [1.165, 1.54) is 0 Å². The third kappa shape index (κ3) is 2.98. The van der Waals surface area contributed by atoms with E-state index < -0.39 is 0 Å². The zero-order valence-corrected chi connectivity index (χ0v) is 12.5. The Morgan fingerprint density at radius 1 is 1.35 bits per heavy atom. The lowest BCUT2D eigenvalue weighted by Crippen LogP contribution is -2.06. The molecule has 0 aromatic carbocycles. The molecule has 20 heavy (non-hydrogen) atoms. The highest BCUT2D eigenvalue weighted by atomic mass is 16.3. The molecule has 110 valence electrons. The van der Waals surface area contributed by atoms with Gasteiger partial charge < -0.3 is 10.4 Å². The van der Waals surface area contributed by atoms with Crippen molar-refractivity contribution in [2.75, 3.05) is 11.9 Å². The molecule has 7 heteroatoms. The molecule has 0 saturated heterocycles. The fourth-order valence-corrected chi connectivity index (χ4v) is 2.23. The number of hydrogen-bond acceptors (Lipinski definition) is 5. The van der Waals surface area contributed by atoms with Gasteiger partial charge in [-0.25, -0.2) is 4.68 Å². The maximum Gasteiger partial charge on any atom is 0.102 e. The van der Waals surface area contributed by atoms with Crippen LogP contribution in [0.1, 0.15) is 37.0 Å². The predicted octanol–water partition coefficient (Wildman–Crippen LogP) is 1.28. The van der Waals surface area contributed by atoms with E-state index in [4.69, 9.17) is 5.11 Å². The average molecular weight is 278 g/mol. The van der Waals surface area contributed by atoms with Gasteiger partial charge in [0.25, 0.3) is 0 Å². The second-order valence-corrected chi connectivity index (χ2v) is 5.13. The predicted molar refractivity (Wildman–Crippen MR) is 76.5 cm³/mol. The molecule has 2 N–H and O–H groups in total. The van der Waals surface area contributed by atoms with Gasteiger partial charge in [-0.15, -0.1) is 5.10 Å². The van der Waals surface area contributed by atoms with Crippen LogP contribution in [0.15, 0.2) is 6.20 Å². The lowest BCUT2D eigenvalue weighted by molar-refractivity contribution is 0.268. The van der Waals surface area contributed by atoms with Gasteiger partial charge in [-0.1, -0.05) is 5.21 Å². The topological polar surface area (TPSA) is 80.8 Å². The Morgan fingerprint density at radius 3 is 2.70 bits per heavy atom. The lowest BCUT2D eigenvalue weighted by atomic mass is 10.3. The van der Waals surface area contributed by atoms with Crippen LogP contribution in [-0.2, 0) is 13.1 Å². The van der Waals surface area contributed by atoms with Crippen LogP contribution in [-0.4, -0.2) is 36.5 Å². The first-order valence-corrected chi connectivity index (χ1v) is 6.82. The van der Waals surface area contributed by atoms with E-state index in [1.54, 1.807) is 4.68 Å². The summed E-state index contributed by atoms with van der Waals surface area (Å²) in [6.07, 6.45) is 1.83. The Hall–Kier alpha value is -1.89. The fourth-order valence-electron chi connectivity index (χ4n) is 2.23. The Balaban J connectivity index is 2.06. The summed E-state index contributed by atoms with van der Waals surface area (Å²) in [7, 11) is 0. The van der Waals surface area contributed by atoms with E-state index in [0.29, 0.717) is 19.1 Å². The molecule has 0 aliphatic carbocycles. The second kappa shape index (κ2) is 6.04. The van der Waals surface area contributed by atoms with Crippen molar-refractivity contribution in [1.29, 1.82) is 0 Å². The maximum absolute atomic E-state index is 8.85. The molecule has 0 bridgehead atoms. The maximum atomic E-state index is 8.85. The van der Waals surface area contributed by atoms with E-state index in [-0.39, 0.29) is 6.61 Å². The Kier molecular flexibility index (Phi) is 4.39. The summed E-state index contributed by atoms with van der Waals surface area (Å²) < 4.78 is 3.65. The first-order chi connectivity index (χ1) is 9.52. The quantitative estimate of drug-likeness (QED) is 0.832. The van der Waals surface area contributed by atoms with Crippen molar-refractivity contribution in [3.05, 3.63) is 23.3 Å². The summed E-state index contributed by atoms with van der Waals surface area (Å²) in [6.45, 7) is 9.41. The fraction of sp³-hybridized carbons (Fsp3) is 0.615. The second-order valence-electron chi connectivity index (χ2n) is 5.13. The average Bonchev–Trinajstić information content (AvgIpc) is 2.94. The Labute approximate surface area is 118 Å². The van der Waals surface area contributed by atoms with Gasteiger partial charge in [-0.2, -0.15) is 5.10 Å². The molecular formula is C13H22N6O. The Morgan fingerprint density at radius 2 is 2.10 bits per heavy atom. The molecule has 0 unspecified atom stereocenters. The molecule has 7 nitrogen and oxygen atoms in total. The van der Waals surface area contributed by atoms with Gasteiger partial charge in [0.05, 0.1) is 43.0 Å². The van der Waals surface area contributed by atoms with Crippen molar-refractivity contribution < 1.29 is 5.11 Å². The van der Waals surface area contributed by atoms with Gasteiger partial charge >= 0.3 is 0 Å². The standard InChI is InChI=1S/C13H22N6O/c1-9(2)19-11(4)13(10(3)16-19)14-7-12-8-18(5-6-20)17-15-12/h8-9,14,20H,5-7H2,1-4H3. The van der Waals surface area contributed by atoms with E-state index in [9.17, 15) is 0 Å². The zero-order chi connectivity index (χ0) is 14.7. The molecule has 0 saturated carbocycles. The van der Waals surface area contributed by atoms with Crippen molar-refractivity contribution in [1.82, 2.24) is 24.8 Å². The van der Waals surface area contributed by atoms with E-state index >= 15 is 0 Å². The van der Waals surface area contributed by atoms with Gasteiger partial charge in [0.15, 0.2) is 0 Å². The molecule has 2 heterocycles. The van der Waals surface area contributed by atoms with Crippen LogP contribution in [0.2, 0.25) is 0 Å². The van der Waals surface area contributed by atoms with Crippen LogP contribution in [0.4, 0.5) is 5.69 Å². The van der Waals surface area contributed by atoms with Crippen LogP contribution in [0.3, 0.4) is 0 Å². The highest BCUT2D eigenvalue weighted by molar-refractivity contribution is 5.52. The number of aliphatic hydroxyl groups excluding tert-OH is 1. The summed E-state index contributed by atoms with van der Waals surface area (Å²) in [6, 6.07) is 0.342. The number of aliphatic hydroxyl groups is 1. The van der Waals surface area contributed by atoms with Crippen molar-refractivity contribution in [2.24, 2.45) is 0 Å². The first-order valence-electron chi connectivity index (χ1n) is 6.82. The third-order valence-corrected chi connectivity index (χ3v) is 3.18. The third-order valence-electron chi connectivity index (χ3n) is 3.18. The van der Waals surface area contributed by atoms with Gasteiger partial charge in [-0.3, -0.25) is 4.68 Å². The number of anilines is 1. The molecule has 0 fully saturated rings. The molecule has 0 aliphatic heterocycles. The normalized spacial score (nSPS) is 11.3. The van der Waals surface area contributed by atoms with E-state index in [0.717, 1.165) is 22.8 Å². The van der Waals surface area contributed by atoms with Crippen molar-refractivity contribution >= 4 is 5.69 Å². The minimum Gasteiger partial charge on any atom is -0.394 e. The molecule has 0 aliphatic rings. The van der Waals surface area contributed by atoms with Crippen molar-refractivity contribution in [2.45, 2.75) is 46.8 Å². The van der Waals surface area contributed by atoms with Gasteiger partial charge in [-0.05, 0) is 27.7 Å². The number of hydrogen-bond donors (Lipinski definition) is 2. The summed E-state index contributed by atoms with van der Waals surface area (Å²) >= 11 is 0. The summed E-state index contributed by atoms with van der Waals surface area (Å²) in [5.41, 5.74) is 4.00. The number of aromatic nitrogens is 5. The summed E-state index contributed by atoms with van der Waals surface area (Å²) in [5.74, 6) is 0. The molecular weight excluding hydrogens is 256 g/mol. The van der Waals surface area contributed by atoms with Crippen molar-refractivity contribution in [3.63, 3.8) is 0 Å². The molecule has 0 radical (unpaired) electrons. The molecule has 0 atom stereocenters. The summed E-state index contributed by atoms with van der Waals surface area (Å²) in [4.78, 5) is 0. The monoisotopic (exact) mass is 278 g/mol. The van der Waals surface area contributed by atoms with E-state index in [2.05, 4.69) is 41.5 Å². The largest absolute Gasteiger partial charge is 0.394 e. The van der Waals surface area contributed by atoms with Crippen LogP contribution in [0.5, 0.6) is 0 Å². The summed E-state index contributed by atoms with van der Waals surface area (Å²) in [5, 5.41) is 24.8.